The lowest BCUT2D eigenvalue weighted by Gasteiger charge is -2.21. The number of hydrogen-bond acceptors (Lipinski definition) is 4. The third-order valence-corrected chi connectivity index (χ3v) is 8.90. The van der Waals surface area contributed by atoms with Crippen LogP contribution in [0.3, 0.4) is 0 Å². The van der Waals surface area contributed by atoms with Crippen LogP contribution in [0.15, 0.2) is 46.3 Å². The summed E-state index contributed by atoms with van der Waals surface area (Å²) in [4.78, 5) is 18.1. The van der Waals surface area contributed by atoms with Gasteiger partial charge in [-0.25, -0.2) is 8.42 Å². The van der Waals surface area contributed by atoms with E-state index in [0.29, 0.717) is 29.2 Å². The third-order valence-electron chi connectivity index (χ3n) is 5.47. The first-order valence-electron chi connectivity index (χ1n) is 9.62. The molecule has 3 aromatic rings. The van der Waals surface area contributed by atoms with Gasteiger partial charge in [-0.3, -0.25) is 4.79 Å². The van der Waals surface area contributed by atoms with Crippen molar-refractivity contribution in [3.05, 3.63) is 57.3 Å². The molecule has 158 valence electrons. The summed E-state index contributed by atoms with van der Waals surface area (Å²) in [7, 11) is -1.92. The number of amides is 1. The average Bonchev–Trinajstić information content (AvgIpc) is 3.32. The van der Waals surface area contributed by atoms with Crippen LogP contribution in [0.25, 0.3) is 10.2 Å². The maximum absolute atomic E-state index is 13.1. The van der Waals surface area contributed by atoms with Gasteiger partial charge < -0.3 is 4.57 Å². The van der Waals surface area contributed by atoms with Crippen molar-refractivity contribution in [2.24, 2.45) is 12.0 Å². The molecule has 0 radical (unpaired) electrons. The number of thiazole rings is 1. The van der Waals surface area contributed by atoms with Gasteiger partial charge >= 0.3 is 0 Å². The highest BCUT2D eigenvalue weighted by Gasteiger charge is 2.39. The molecule has 1 unspecified atom stereocenters. The number of aromatic nitrogens is 1. The molecule has 1 fully saturated rings. The Morgan fingerprint density at radius 3 is 2.57 bits per heavy atom. The van der Waals surface area contributed by atoms with Crippen LogP contribution >= 0.6 is 22.9 Å². The normalized spacial score (nSPS) is 18.4. The predicted molar refractivity (Wildman–Crippen MR) is 119 cm³/mol. The molecular weight excluding hydrogens is 442 g/mol. The zero-order chi connectivity index (χ0) is 21.6. The van der Waals surface area contributed by atoms with E-state index >= 15 is 0 Å². The highest BCUT2D eigenvalue weighted by Crippen LogP contribution is 2.28. The molecule has 0 spiro atoms. The van der Waals surface area contributed by atoms with E-state index in [4.69, 9.17) is 11.6 Å². The lowest BCUT2D eigenvalue weighted by molar-refractivity contribution is -0.121. The molecule has 1 atom stereocenters. The Morgan fingerprint density at radius 2 is 1.87 bits per heavy atom. The number of carbonyl (C=O) groups is 1. The van der Waals surface area contributed by atoms with Crippen LogP contribution in [0, 0.1) is 13.8 Å². The molecule has 1 amide bonds. The first-order valence-corrected chi connectivity index (χ1v) is 12.3. The minimum atomic E-state index is -3.76. The van der Waals surface area contributed by atoms with Gasteiger partial charge in [0.2, 0.25) is 10.0 Å². The first kappa shape index (κ1) is 21.2. The Kier molecular flexibility index (Phi) is 5.61. The summed E-state index contributed by atoms with van der Waals surface area (Å²) in [6.07, 6.45) is 1.09. The molecule has 0 N–H and O–H groups in total. The molecule has 6 nitrogen and oxygen atoms in total. The summed E-state index contributed by atoms with van der Waals surface area (Å²) in [6, 6.07) is 9.63. The van der Waals surface area contributed by atoms with E-state index in [1.54, 1.807) is 24.3 Å². The number of carbonyl (C=O) groups excluding carboxylic acids is 1. The lowest BCUT2D eigenvalue weighted by atomic mass is 10.2. The molecule has 2 heterocycles. The molecule has 4 rings (SSSR count). The number of fused-ring (bicyclic) bond motifs is 1. The van der Waals surface area contributed by atoms with Crippen molar-refractivity contribution >= 4 is 49.1 Å². The number of halogens is 1. The average molecular weight is 464 g/mol. The van der Waals surface area contributed by atoms with Gasteiger partial charge in [0.1, 0.15) is 6.04 Å². The summed E-state index contributed by atoms with van der Waals surface area (Å²) in [5.74, 6) is -0.436. The number of aryl methyl sites for hydroxylation is 3. The fourth-order valence-electron chi connectivity index (χ4n) is 3.80. The van der Waals surface area contributed by atoms with Crippen LogP contribution in [-0.2, 0) is 21.9 Å². The lowest BCUT2D eigenvalue weighted by Crippen LogP contribution is -2.40. The fourth-order valence-corrected chi connectivity index (χ4v) is 6.69. The Morgan fingerprint density at radius 1 is 1.17 bits per heavy atom. The van der Waals surface area contributed by atoms with Crippen molar-refractivity contribution in [1.29, 1.82) is 0 Å². The van der Waals surface area contributed by atoms with E-state index in [1.165, 1.54) is 15.6 Å². The van der Waals surface area contributed by atoms with E-state index in [1.807, 2.05) is 37.6 Å². The summed E-state index contributed by atoms with van der Waals surface area (Å²) >= 11 is 7.63. The summed E-state index contributed by atoms with van der Waals surface area (Å²) in [5.41, 5.74) is 2.83. The molecule has 9 heteroatoms. The number of benzene rings is 2. The molecule has 2 aromatic carbocycles. The van der Waals surface area contributed by atoms with Crippen LogP contribution in [0.4, 0.5) is 0 Å². The smallest absolute Gasteiger partial charge is 0.266 e. The second kappa shape index (κ2) is 7.92. The molecule has 1 aromatic heterocycles. The summed E-state index contributed by atoms with van der Waals surface area (Å²) in [5, 5.41) is 0.653. The maximum atomic E-state index is 13.1. The largest absolute Gasteiger partial charge is 0.319 e. The molecule has 1 aliphatic rings. The fraction of sp³-hybridized carbons (Fsp3) is 0.333. The molecular formula is C21H22ClN3O3S2. The van der Waals surface area contributed by atoms with E-state index < -0.39 is 22.0 Å². The monoisotopic (exact) mass is 463 g/mol. The highest BCUT2D eigenvalue weighted by atomic mass is 35.5. The summed E-state index contributed by atoms with van der Waals surface area (Å²) < 4.78 is 30.3. The first-order chi connectivity index (χ1) is 14.2. The van der Waals surface area contributed by atoms with Gasteiger partial charge in [0.15, 0.2) is 4.80 Å². The van der Waals surface area contributed by atoms with Crippen LogP contribution < -0.4 is 4.80 Å². The van der Waals surface area contributed by atoms with Gasteiger partial charge in [0, 0.05) is 18.6 Å². The molecule has 0 aliphatic carbocycles. The van der Waals surface area contributed by atoms with E-state index in [0.717, 1.165) is 21.3 Å². The Bertz CT molecular complexity index is 1310. The maximum Gasteiger partial charge on any atom is 0.266 e. The second-order valence-corrected chi connectivity index (χ2v) is 10.8. The molecule has 30 heavy (non-hydrogen) atoms. The van der Waals surface area contributed by atoms with Crippen molar-refractivity contribution in [1.82, 2.24) is 8.87 Å². The molecule has 1 aliphatic heterocycles. The van der Waals surface area contributed by atoms with Crippen LogP contribution in [0.5, 0.6) is 0 Å². The van der Waals surface area contributed by atoms with E-state index in [9.17, 15) is 13.2 Å². The Labute approximate surface area is 184 Å². The minimum Gasteiger partial charge on any atom is -0.319 e. The number of rotatable bonds is 3. The van der Waals surface area contributed by atoms with Gasteiger partial charge in [-0.15, -0.1) is 0 Å². The van der Waals surface area contributed by atoms with Crippen molar-refractivity contribution in [2.45, 2.75) is 37.6 Å². The van der Waals surface area contributed by atoms with E-state index in [2.05, 4.69) is 4.99 Å². The molecule has 0 bridgehead atoms. The predicted octanol–water partition coefficient (Wildman–Crippen LogP) is 3.79. The van der Waals surface area contributed by atoms with E-state index in [-0.39, 0.29) is 4.90 Å². The van der Waals surface area contributed by atoms with Crippen molar-refractivity contribution < 1.29 is 13.2 Å². The highest BCUT2D eigenvalue weighted by molar-refractivity contribution is 7.89. The number of hydrogen-bond donors (Lipinski definition) is 0. The van der Waals surface area contributed by atoms with Crippen molar-refractivity contribution in [2.75, 3.05) is 6.54 Å². The van der Waals surface area contributed by atoms with Crippen LogP contribution in [0.1, 0.15) is 24.0 Å². The van der Waals surface area contributed by atoms with Gasteiger partial charge in [-0.1, -0.05) is 40.6 Å². The SMILES string of the molecule is Cc1ccc(S(=O)(=O)N2CCCC2C(=O)N=c2sc3ccc(Cl)c(C)c3n2C)cc1. The Hall–Kier alpha value is -2.00. The minimum absolute atomic E-state index is 0.200. The number of sulfonamides is 1. The van der Waals surface area contributed by atoms with Gasteiger partial charge in [0.05, 0.1) is 15.1 Å². The number of nitrogens with zero attached hydrogens (tertiary/aromatic N) is 3. The van der Waals surface area contributed by atoms with Crippen LogP contribution in [0.2, 0.25) is 5.02 Å². The Balaban J connectivity index is 1.71. The third kappa shape index (κ3) is 3.62. The van der Waals surface area contributed by atoms with Gasteiger partial charge in [-0.05, 0) is 56.5 Å². The summed E-state index contributed by atoms with van der Waals surface area (Å²) in [6.45, 7) is 4.14. The zero-order valence-electron chi connectivity index (χ0n) is 16.9. The van der Waals surface area contributed by atoms with Gasteiger partial charge in [0.25, 0.3) is 5.91 Å². The van der Waals surface area contributed by atoms with Crippen molar-refractivity contribution in [3.8, 4) is 0 Å². The second-order valence-electron chi connectivity index (χ2n) is 7.50. The van der Waals surface area contributed by atoms with Crippen molar-refractivity contribution in [3.63, 3.8) is 0 Å². The molecule has 1 saturated heterocycles. The molecule has 0 saturated carbocycles. The van der Waals surface area contributed by atoms with Crippen LogP contribution in [-0.4, -0.2) is 35.8 Å². The van der Waals surface area contributed by atoms with Gasteiger partial charge in [-0.2, -0.15) is 9.30 Å². The quantitative estimate of drug-likeness (QED) is 0.593. The zero-order valence-corrected chi connectivity index (χ0v) is 19.3. The topological polar surface area (TPSA) is 71.7 Å². The standard InChI is InChI=1S/C21H22ClN3O3S2/c1-13-6-8-15(9-7-13)30(27,28)25-12-4-5-17(25)20(26)23-21-24(3)19-14(2)16(22)10-11-18(19)29-21/h6-11,17H,4-5,12H2,1-3H3.